The number of nitrogens with one attached hydrogen (secondary N) is 2. The number of carbonyl (C=O) groups is 3. The Morgan fingerprint density at radius 2 is 1.94 bits per heavy atom. The first kappa shape index (κ1) is 23.1. The quantitative estimate of drug-likeness (QED) is 0.438. The number of aromatic nitrogens is 2. The molecule has 0 unspecified atom stereocenters. The van der Waals surface area contributed by atoms with Crippen LogP contribution in [0, 0.1) is 5.41 Å². The van der Waals surface area contributed by atoms with Gasteiger partial charge in [-0.25, -0.2) is 9.78 Å². The molecule has 182 valence electrons. The normalized spacial score (nSPS) is 19.4. The van der Waals surface area contributed by atoms with Crippen LogP contribution in [-0.2, 0) is 9.53 Å². The van der Waals surface area contributed by atoms with Crippen molar-refractivity contribution < 1.29 is 23.9 Å². The van der Waals surface area contributed by atoms with Crippen LogP contribution in [0.5, 0.6) is 5.88 Å². The van der Waals surface area contributed by atoms with E-state index in [-0.39, 0.29) is 16.4 Å². The zero-order chi connectivity index (χ0) is 24.4. The number of nitrogens with zero attached hydrogens (tertiary/aromatic N) is 4. The van der Waals surface area contributed by atoms with E-state index in [4.69, 9.17) is 9.47 Å². The lowest BCUT2D eigenvalue weighted by molar-refractivity contribution is -0.115. The number of methoxy groups -OCH3 is 1. The monoisotopic (exact) mass is 496 g/mol. The lowest BCUT2D eigenvalue weighted by Gasteiger charge is -2.59. The molecule has 0 aliphatic carbocycles. The van der Waals surface area contributed by atoms with Gasteiger partial charge in [0.25, 0.3) is 11.1 Å². The van der Waals surface area contributed by atoms with Crippen molar-refractivity contribution in [3.05, 3.63) is 47.0 Å². The lowest BCUT2D eigenvalue weighted by Crippen LogP contribution is -2.73. The number of likely N-dealkylation sites (tertiary alicyclic amines) is 1. The Morgan fingerprint density at radius 3 is 2.63 bits per heavy atom. The van der Waals surface area contributed by atoms with E-state index >= 15 is 0 Å². The van der Waals surface area contributed by atoms with Gasteiger partial charge in [0.1, 0.15) is 6.61 Å². The molecule has 1 spiro atoms. The Balaban J connectivity index is 1.24. The Morgan fingerprint density at radius 1 is 1.17 bits per heavy atom. The number of thioether (sulfide) groups is 1. The first-order valence-corrected chi connectivity index (χ1v) is 11.9. The molecule has 12 heteroatoms. The molecular formula is C23H24N6O5S. The highest BCUT2D eigenvalue weighted by atomic mass is 32.2. The van der Waals surface area contributed by atoms with E-state index in [0.29, 0.717) is 56.9 Å². The third-order valence-electron chi connectivity index (χ3n) is 5.87. The second-order valence-electron chi connectivity index (χ2n) is 8.63. The summed E-state index contributed by atoms with van der Waals surface area (Å²) in [6.07, 6.45) is 1.55. The average Bonchev–Trinajstić information content (AvgIpc) is 3.09. The van der Waals surface area contributed by atoms with Gasteiger partial charge >= 0.3 is 6.03 Å². The van der Waals surface area contributed by atoms with E-state index in [1.54, 1.807) is 24.2 Å². The van der Waals surface area contributed by atoms with Gasteiger partial charge in [0, 0.05) is 50.5 Å². The molecule has 2 N–H and O–H groups in total. The molecule has 4 heterocycles. The number of para-hydroxylation sites is 1. The standard InChI is InChI=1S/C23H24N6O5S/c1-33-7-8-34-18-10-16(9-17-19(30)27-22(32)35-17)24-20(26-18)28-11-23(12-28)13-29(14-23)21(31)25-15-5-3-2-4-6-15/h2-6,9-10H,7-8,11-14H2,1H3,(H,25,31)(H,27,30,32)/b17-9+. The SMILES string of the molecule is COCCOc1cc(/C=C2/SC(=O)NC2=O)nc(N2CC3(CN(C(=O)Nc4ccccc4)C3)C2)n1. The maximum Gasteiger partial charge on any atom is 0.321 e. The van der Waals surface area contributed by atoms with Crippen molar-refractivity contribution in [2.45, 2.75) is 0 Å². The molecular weight excluding hydrogens is 472 g/mol. The number of anilines is 2. The van der Waals surface area contributed by atoms with Gasteiger partial charge < -0.3 is 24.6 Å². The number of hydrogen-bond donors (Lipinski definition) is 2. The number of amides is 4. The molecule has 0 radical (unpaired) electrons. The third-order valence-corrected chi connectivity index (χ3v) is 6.68. The van der Waals surface area contributed by atoms with E-state index in [1.165, 1.54) is 0 Å². The molecule has 0 atom stereocenters. The van der Waals surface area contributed by atoms with Gasteiger partial charge in [-0.1, -0.05) is 18.2 Å². The van der Waals surface area contributed by atoms with Gasteiger partial charge in [-0.2, -0.15) is 4.98 Å². The fourth-order valence-electron chi connectivity index (χ4n) is 4.24. The molecule has 1 aromatic heterocycles. The van der Waals surface area contributed by atoms with Crippen molar-refractivity contribution in [2.75, 3.05) is 56.7 Å². The molecule has 1 aromatic carbocycles. The van der Waals surface area contributed by atoms with Gasteiger partial charge in [0.05, 0.1) is 17.2 Å². The second-order valence-corrected chi connectivity index (χ2v) is 9.65. The highest BCUT2D eigenvalue weighted by molar-refractivity contribution is 8.18. The van der Waals surface area contributed by atoms with E-state index in [0.717, 1.165) is 17.4 Å². The molecule has 11 nitrogen and oxygen atoms in total. The van der Waals surface area contributed by atoms with Crippen molar-refractivity contribution >= 4 is 46.7 Å². The minimum Gasteiger partial charge on any atom is -0.475 e. The first-order chi connectivity index (χ1) is 16.9. The summed E-state index contributed by atoms with van der Waals surface area (Å²) >= 11 is 0.829. The number of hydrogen-bond acceptors (Lipinski definition) is 9. The number of imide groups is 1. The molecule has 3 aliphatic heterocycles. The Bertz CT molecular complexity index is 1180. The summed E-state index contributed by atoms with van der Waals surface area (Å²) < 4.78 is 10.7. The molecule has 2 aromatic rings. The smallest absolute Gasteiger partial charge is 0.321 e. The zero-order valence-electron chi connectivity index (χ0n) is 19.0. The summed E-state index contributed by atoms with van der Waals surface area (Å²) in [7, 11) is 1.58. The first-order valence-electron chi connectivity index (χ1n) is 11.0. The van der Waals surface area contributed by atoms with Crippen LogP contribution in [0.4, 0.5) is 21.2 Å². The molecule has 3 fully saturated rings. The van der Waals surface area contributed by atoms with Crippen LogP contribution in [0.25, 0.3) is 6.08 Å². The summed E-state index contributed by atoms with van der Waals surface area (Å²) in [6, 6.07) is 10.9. The van der Waals surface area contributed by atoms with E-state index < -0.39 is 11.1 Å². The number of urea groups is 1. The Labute approximate surface area is 205 Å². The fourth-order valence-corrected chi connectivity index (χ4v) is 4.91. The topological polar surface area (TPSA) is 126 Å². The maximum absolute atomic E-state index is 12.5. The summed E-state index contributed by atoms with van der Waals surface area (Å²) in [6.45, 7) is 3.42. The fraction of sp³-hybridized carbons (Fsp3) is 0.348. The highest BCUT2D eigenvalue weighted by Gasteiger charge is 2.54. The van der Waals surface area contributed by atoms with E-state index in [2.05, 4.69) is 20.6 Å². The Kier molecular flexibility index (Phi) is 6.31. The highest BCUT2D eigenvalue weighted by Crippen LogP contribution is 2.41. The van der Waals surface area contributed by atoms with Gasteiger partial charge in [0.2, 0.25) is 11.8 Å². The van der Waals surface area contributed by atoms with Crippen LogP contribution < -0.4 is 20.3 Å². The van der Waals surface area contributed by atoms with Crippen LogP contribution in [0.3, 0.4) is 0 Å². The molecule has 0 saturated carbocycles. The molecule has 0 bridgehead atoms. The Hall–Kier alpha value is -3.64. The van der Waals surface area contributed by atoms with Crippen molar-refractivity contribution in [1.29, 1.82) is 0 Å². The predicted octanol–water partition coefficient (Wildman–Crippen LogP) is 2.18. The summed E-state index contributed by atoms with van der Waals surface area (Å²) in [5.41, 5.74) is 1.24. The molecule has 4 amide bonds. The van der Waals surface area contributed by atoms with Crippen molar-refractivity contribution in [2.24, 2.45) is 5.41 Å². The van der Waals surface area contributed by atoms with Crippen LogP contribution in [0.15, 0.2) is 41.3 Å². The van der Waals surface area contributed by atoms with Gasteiger partial charge in [-0.15, -0.1) is 0 Å². The predicted molar refractivity (Wildman–Crippen MR) is 130 cm³/mol. The van der Waals surface area contributed by atoms with Crippen LogP contribution in [-0.4, -0.2) is 78.5 Å². The average molecular weight is 497 g/mol. The number of benzene rings is 1. The van der Waals surface area contributed by atoms with Crippen LogP contribution >= 0.6 is 11.8 Å². The summed E-state index contributed by atoms with van der Waals surface area (Å²) in [5, 5.41) is 4.73. The van der Waals surface area contributed by atoms with Crippen molar-refractivity contribution in [1.82, 2.24) is 20.2 Å². The van der Waals surface area contributed by atoms with Gasteiger partial charge in [0.15, 0.2) is 0 Å². The van der Waals surface area contributed by atoms with Crippen molar-refractivity contribution in [3.63, 3.8) is 0 Å². The maximum atomic E-state index is 12.5. The van der Waals surface area contributed by atoms with Crippen LogP contribution in [0.2, 0.25) is 0 Å². The minimum atomic E-state index is -0.451. The molecule has 3 saturated heterocycles. The van der Waals surface area contributed by atoms with Crippen molar-refractivity contribution in [3.8, 4) is 5.88 Å². The van der Waals surface area contributed by atoms with E-state index in [9.17, 15) is 14.4 Å². The van der Waals surface area contributed by atoms with Gasteiger partial charge in [-0.05, 0) is 30.0 Å². The second kappa shape index (κ2) is 9.55. The lowest BCUT2D eigenvalue weighted by atomic mass is 9.73. The van der Waals surface area contributed by atoms with Gasteiger partial charge in [-0.3, -0.25) is 14.9 Å². The number of rotatable bonds is 7. The third kappa shape index (κ3) is 5.08. The number of ether oxygens (including phenoxy) is 2. The molecule has 3 aliphatic rings. The summed E-state index contributed by atoms with van der Waals surface area (Å²) in [4.78, 5) is 49.1. The van der Waals surface area contributed by atoms with E-state index in [1.807, 2.05) is 35.2 Å². The summed E-state index contributed by atoms with van der Waals surface area (Å²) in [5.74, 6) is 0.375. The minimum absolute atomic E-state index is 0.0105. The molecule has 35 heavy (non-hydrogen) atoms. The van der Waals surface area contributed by atoms with Crippen LogP contribution in [0.1, 0.15) is 5.69 Å². The molecule has 5 rings (SSSR count). The largest absolute Gasteiger partial charge is 0.475 e. The zero-order valence-corrected chi connectivity index (χ0v) is 19.8. The number of carbonyl (C=O) groups excluding carboxylic acids is 3.